The van der Waals surface area contributed by atoms with Gasteiger partial charge in [-0.2, -0.15) is 0 Å². The molecule has 1 aromatic rings. The van der Waals surface area contributed by atoms with E-state index in [1.54, 1.807) is 11.3 Å². The summed E-state index contributed by atoms with van der Waals surface area (Å²) in [5.74, 6) is -0.113. The maximum atomic E-state index is 11.4. The van der Waals surface area contributed by atoms with Crippen molar-refractivity contribution in [2.24, 2.45) is 10.7 Å². The Morgan fingerprint density at radius 3 is 2.84 bits per heavy atom. The number of hydrogen-bond donors (Lipinski definition) is 2. The number of rotatable bonds is 5. The van der Waals surface area contributed by atoms with E-state index < -0.39 is 5.60 Å². The first-order chi connectivity index (χ1) is 8.87. The fourth-order valence-corrected chi connectivity index (χ4v) is 2.06. The zero-order chi connectivity index (χ0) is 14.3. The second-order valence-corrected chi connectivity index (χ2v) is 6.08. The molecule has 0 unspecified atom stereocenters. The zero-order valence-corrected chi connectivity index (χ0v) is 12.4. The fraction of sp³-hybridized carbons (Fsp3) is 0.538. The Kier molecular flexibility index (Phi) is 5.82. The number of aliphatic imine (C=N–C) groups is 1. The SMILES string of the molecule is CC(C)(C)OC(=O)CN=C(N)NCCc1cccs1. The molecule has 1 aromatic heterocycles. The van der Waals surface area contributed by atoms with Gasteiger partial charge in [0.15, 0.2) is 5.96 Å². The van der Waals surface area contributed by atoms with Gasteiger partial charge in [-0.25, -0.2) is 4.99 Å². The Morgan fingerprint density at radius 2 is 2.26 bits per heavy atom. The average molecular weight is 283 g/mol. The molecule has 0 aliphatic carbocycles. The first-order valence-electron chi connectivity index (χ1n) is 6.15. The number of ether oxygens (including phenoxy) is 1. The minimum atomic E-state index is -0.492. The molecule has 6 heteroatoms. The summed E-state index contributed by atoms with van der Waals surface area (Å²) in [5.41, 5.74) is 5.17. The molecule has 0 saturated heterocycles. The van der Waals surface area contributed by atoms with E-state index in [9.17, 15) is 4.79 Å². The van der Waals surface area contributed by atoms with E-state index >= 15 is 0 Å². The van der Waals surface area contributed by atoms with Crippen LogP contribution in [-0.4, -0.2) is 30.6 Å². The van der Waals surface area contributed by atoms with Crippen LogP contribution in [0.15, 0.2) is 22.5 Å². The van der Waals surface area contributed by atoms with Gasteiger partial charge in [-0.15, -0.1) is 11.3 Å². The van der Waals surface area contributed by atoms with Gasteiger partial charge < -0.3 is 15.8 Å². The van der Waals surface area contributed by atoms with E-state index in [1.807, 2.05) is 32.2 Å². The Balaban J connectivity index is 2.23. The highest BCUT2D eigenvalue weighted by molar-refractivity contribution is 7.09. The fourth-order valence-electron chi connectivity index (χ4n) is 1.35. The summed E-state index contributed by atoms with van der Waals surface area (Å²) in [5, 5.41) is 5.00. The van der Waals surface area contributed by atoms with Crippen LogP contribution in [0, 0.1) is 0 Å². The van der Waals surface area contributed by atoms with Gasteiger partial charge >= 0.3 is 5.97 Å². The number of nitrogens with two attached hydrogens (primary N) is 1. The zero-order valence-electron chi connectivity index (χ0n) is 11.6. The monoisotopic (exact) mass is 283 g/mol. The summed E-state index contributed by atoms with van der Waals surface area (Å²) >= 11 is 1.70. The van der Waals surface area contributed by atoms with Crippen molar-refractivity contribution >= 4 is 23.3 Å². The van der Waals surface area contributed by atoms with Crippen LogP contribution < -0.4 is 11.1 Å². The van der Waals surface area contributed by atoms with Gasteiger partial charge in [0, 0.05) is 11.4 Å². The van der Waals surface area contributed by atoms with Crippen molar-refractivity contribution in [1.82, 2.24) is 5.32 Å². The molecule has 106 valence electrons. The molecule has 0 saturated carbocycles. The predicted molar refractivity (Wildman–Crippen MR) is 78.4 cm³/mol. The van der Waals surface area contributed by atoms with E-state index in [0.717, 1.165) is 6.42 Å². The number of thiophene rings is 1. The second kappa shape index (κ2) is 7.13. The lowest BCUT2D eigenvalue weighted by molar-refractivity contribution is -0.152. The van der Waals surface area contributed by atoms with Crippen molar-refractivity contribution in [3.05, 3.63) is 22.4 Å². The molecule has 0 bridgehead atoms. The van der Waals surface area contributed by atoms with Gasteiger partial charge in [-0.05, 0) is 38.6 Å². The van der Waals surface area contributed by atoms with Crippen molar-refractivity contribution in [3.63, 3.8) is 0 Å². The van der Waals surface area contributed by atoms with Crippen LogP contribution >= 0.6 is 11.3 Å². The number of esters is 1. The van der Waals surface area contributed by atoms with Gasteiger partial charge in [0.25, 0.3) is 0 Å². The Labute approximate surface area is 117 Å². The van der Waals surface area contributed by atoms with Crippen molar-refractivity contribution in [3.8, 4) is 0 Å². The van der Waals surface area contributed by atoms with Gasteiger partial charge in [0.1, 0.15) is 12.1 Å². The van der Waals surface area contributed by atoms with Gasteiger partial charge in [-0.3, -0.25) is 4.79 Å². The largest absolute Gasteiger partial charge is 0.459 e. The molecule has 5 nitrogen and oxygen atoms in total. The molecule has 0 amide bonds. The molecule has 0 radical (unpaired) electrons. The Morgan fingerprint density at radius 1 is 1.53 bits per heavy atom. The number of carbonyl (C=O) groups excluding carboxylic acids is 1. The number of carbonyl (C=O) groups is 1. The first-order valence-corrected chi connectivity index (χ1v) is 7.03. The van der Waals surface area contributed by atoms with Crippen LogP contribution in [-0.2, 0) is 16.0 Å². The highest BCUT2D eigenvalue weighted by Gasteiger charge is 2.15. The van der Waals surface area contributed by atoms with E-state index in [0.29, 0.717) is 6.54 Å². The topological polar surface area (TPSA) is 76.7 Å². The number of guanidine groups is 1. The summed E-state index contributed by atoms with van der Waals surface area (Å²) in [6.07, 6.45) is 0.889. The van der Waals surface area contributed by atoms with Crippen molar-refractivity contribution in [2.75, 3.05) is 13.1 Å². The summed E-state index contributed by atoms with van der Waals surface area (Å²) < 4.78 is 5.12. The number of hydrogen-bond acceptors (Lipinski definition) is 4. The molecule has 19 heavy (non-hydrogen) atoms. The Hall–Kier alpha value is -1.56. The average Bonchev–Trinajstić information content (AvgIpc) is 2.77. The van der Waals surface area contributed by atoms with Crippen LogP contribution in [0.5, 0.6) is 0 Å². The molecule has 0 fully saturated rings. The minimum absolute atomic E-state index is 0.0604. The predicted octanol–water partition coefficient (Wildman–Crippen LogP) is 1.54. The van der Waals surface area contributed by atoms with Gasteiger partial charge in [-0.1, -0.05) is 6.07 Å². The van der Waals surface area contributed by atoms with Crippen molar-refractivity contribution in [1.29, 1.82) is 0 Å². The third kappa shape index (κ3) is 7.46. The highest BCUT2D eigenvalue weighted by Crippen LogP contribution is 2.08. The highest BCUT2D eigenvalue weighted by atomic mass is 32.1. The summed E-state index contributed by atoms with van der Waals surface area (Å²) in [7, 11) is 0. The molecule has 1 heterocycles. The molecule has 0 atom stereocenters. The Bertz CT molecular complexity index is 422. The van der Waals surface area contributed by atoms with E-state index in [2.05, 4.69) is 16.4 Å². The second-order valence-electron chi connectivity index (χ2n) is 5.04. The molecule has 0 aliphatic rings. The smallest absolute Gasteiger partial charge is 0.328 e. The summed E-state index contributed by atoms with van der Waals surface area (Å²) in [4.78, 5) is 16.6. The molecule has 0 aliphatic heterocycles. The third-order valence-electron chi connectivity index (χ3n) is 2.06. The molecular formula is C13H21N3O2S. The van der Waals surface area contributed by atoms with Gasteiger partial charge in [0.2, 0.25) is 0 Å². The quantitative estimate of drug-likeness (QED) is 0.488. The normalized spacial score (nSPS) is 12.3. The standard InChI is InChI=1S/C13H21N3O2S/c1-13(2,3)18-11(17)9-16-12(14)15-7-6-10-5-4-8-19-10/h4-5,8H,6-7,9H2,1-3H3,(H3,14,15,16). The van der Waals surface area contributed by atoms with Gasteiger partial charge in [0.05, 0.1) is 0 Å². The maximum absolute atomic E-state index is 11.4. The number of nitrogens with one attached hydrogen (secondary N) is 1. The molecular weight excluding hydrogens is 262 g/mol. The van der Waals surface area contributed by atoms with Crippen LogP contribution in [0.2, 0.25) is 0 Å². The van der Waals surface area contributed by atoms with Crippen molar-refractivity contribution in [2.45, 2.75) is 32.8 Å². The molecule has 0 spiro atoms. The third-order valence-corrected chi connectivity index (χ3v) is 2.99. The van der Waals surface area contributed by atoms with Crippen molar-refractivity contribution < 1.29 is 9.53 Å². The lowest BCUT2D eigenvalue weighted by atomic mass is 10.2. The molecule has 0 aromatic carbocycles. The summed E-state index contributed by atoms with van der Waals surface area (Å²) in [6.45, 7) is 6.09. The lowest BCUT2D eigenvalue weighted by Gasteiger charge is -2.18. The van der Waals surface area contributed by atoms with Crippen LogP contribution in [0.3, 0.4) is 0 Å². The maximum Gasteiger partial charge on any atom is 0.328 e. The molecule has 3 N–H and O–H groups in total. The number of nitrogens with zero attached hydrogens (tertiary/aromatic N) is 1. The lowest BCUT2D eigenvalue weighted by Crippen LogP contribution is -2.34. The van der Waals surface area contributed by atoms with Crippen LogP contribution in [0.4, 0.5) is 0 Å². The first kappa shape index (κ1) is 15.5. The molecule has 1 rings (SSSR count). The van der Waals surface area contributed by atoms with Crippen LogP contribution in [0.1, 0.15) is 25.6 Å². The van der Waals surface area contributed by atoms with E-state index in [-0.39, 0.29) is 18.5 Å². The van der Waals surface area contributed by atoms with E-state index in [4.69, 9.17) is 10.5 Å². The van der Waals surface area contributed by atoms with E-state index in [1.165, 1.54) is 4.88 Å². The summed E-state index contributed by atoms with van der Waals surface area (Å²) in [6, 6.07) is 4.08. The van der Waals surface area contributed by atoms with Crippen LogP contribution in [0.25, 0.3) is 0 Å². The minimum Gasteiger partial charge on any atom is -0.459 e.